The van der Waals surface area contributed by atoms with Crippen LogP contribution in [0.1, 0.15) is 40.5 Å². The molecule has 0 radical (unpaired) electrons. The van der Waals surface area contributed by atoms with Crippen LogP contribution in [0.25, 0.3) is 0 Å². The number of likely N-dealkylation sites (N-methyl/N-ethyl adjacent to an activating group) is 2. The lowest BCUT2D eigenvalue weighted by Gasteiger charge is -2.26. The summed E-state index contributed by atoms with van der Waals surface area (Å²) in [4.78, 5) is 23.2. The van der Waals surface area contributed by atoms with Crippen LogP contribution in [0.4, 0.5) is 0 Å². The Morgan fingerprint density at radius 2 is 2.00 bits per heavy atom. The van der Waals surface area contributed by atoms with E-state index in [1.807, 2.05) is 0 Å². The molecular weight excluding hydrogens is 467 g/mol. The zero-order valence-corrected chi connectivity index (χ0v) is 20.9. The van der Waals surface area contributed by atoms with Gasteiger partial charge in [-0.2, -0.15) is 0 Å². The van der Waals surface area contributed by atoms with Gasteiger partial charge in [-0.05, 0) is 45.7 Å². The smallest absolute Gasteiger partial charge is 0.243 e. The second kappa shape index (κ2) is 12.2. The summed E-state index contributed by atoms with van der Waals surface area (Å²) in [6.07, 6.45) is 2.49. The van der Waals surface area contributed by atoms with Crippen molar-refractivity contribution >= 4 is 35.8 Å². The molecule has 0 aromatic carbocycles. The number of rotatable bonds is 7. The molecule has 2 rings (SSSR count). The summed E-state index contributed by atoms with van der Waals surface area (Å²) in [5.74, 6) is 1.36. The molecule has 0 aliphatic carbocycles. The number of guanidine groups is 1. The monoisotopic (exact) mass is 508 g/mol. The number of carbonyl (C=O) groups is 1. The highest BCUT2D eigenvalue weighted by molar-refractivity contribution is 14.0. The molecule has 2 saturated heterocycles. The van der Waals surface area contributed by atoms with E-state index >= 15 is 0 Å². The van der Waals surface area contributed by atoms with Gasteiger partial charge >= 0.3 is 0 Å². The SMILES string of the molecule is CCN1CCCC1CNC(=NCC(=O)N(C)C)NC1CN(C(C)C)CC1C.I. The van der Waals surface area contributed by atoms with E-state index in [0.717, 1.165) is 32.1 Å². The third-order valence-corrected chi connectivity index (χ3v) is 5.97. The van der Waals surface area contributed by atoms with Crippen LogP contribution < -0.4 is 10.6 Å². The van der Waals surface area contributed by atoms with E-state index in [2.05, 4.69) is 53.1 Å². The molecule has 2 aliphatic rings. The van der Waals surface area contributed by atoms with Crippen molar-refractivity contribution in [3.63, 3.8) is 0 Å². The molecule has 164 valence electrons. The van der Waals surface area contributed by atoms with Gasteiger partial charge in [0, 0.05) is 51.9 Å². The van der Waals surface area contributed by atoms with Crippen LogP contribution >= 0.6 is 24.0 Å². The van der Waals surface area contributed by atoms with Crippen LogP contribution in [0.2, 0.25) is 0 Å². The van der Waals surface area contributed by atoms with Crippen molar-refractivity contribution in [2.75, 3.05) is 53.4 Å². The molecule has 2 fully saturated rings. The van der Waals surface area contributed by atoms with Crippen molar-refractivity contribution in [3.05, 3.63) is 0 Å². The first-order valence-electron chi connectivity index (χ1n) is 10.5. The van der Waals surface area contributed by atoms with E-state index in [-0.39, 0.29) is 36.4 Å². The van der Waals surface area contributed by atoms with E-state index in [9.17, 15) is 4.79 Å². The van der Waals surface area contributed by atoms with Crippen LogP contribution in [-0.4, -0.2) is 98.1 Å². The Labute approximate surface area is 188 Å². The summed E-state index contributed by atoms with van der Waals surface area (Å²) < 4.78 is 0. The van der Waals surface area contributed by atoms with Gasteiger partial charge in [-0.1, -0.05) is 13.8 Å². The molecule has 0 aromatic rings. The van der Waals surface area contributed by atoms with Gasteiger partial charge in [0.1, 0.15) is 6.54 Å². The maximum absolute atomic E-state index is 12.0. The molecule has 2 N–H and O–H groups in total. The van der Waals surface area contributed by atoms with Gasteiger partial charge in [0.25, 0.3) is 0 Å². The molecule has 3 unspecified atom stereocenters. The number of halogens is 1. The lowest BCUT2D eigenvalue weighted by Crippen LogP contribution is -2.50. The zero-order chi connectivity index (χ0) is 20.0. The predicted octanol–water partition coefficient (Wildman–Crippen LogP) is 1.44. The highest BCUT2D eigenvalue weighted by Crippen LogP contribution is 2.19. The van der Waals surface area contributed by atoms with Crippen molar-refractivity contribution in [2.24, 2.45) is 10.9 Å². The van der Waals surface area contributed by atoms with Gasteiger partial charge in [0.2, 0.25) is 5.91 Å². The van der Waals surface area contributed by atoms with Gasteiger partial charge in [0.15, 0.2) is 5.96 Å². The van der Waals surface area contributed by atoms with Gasteiger partial charge in [-0.25, -0.2) is 4.99 Å². The van der Waals surface area contributed by atoms with Crippen LogP contribution in [0.3, 0.4) is 0 Å². The average Bonchev–Trinajstić information content (AvgIpc) is 3.23. The summed E-state index contributed by atoms with van der Waals surface area (Å²) >= 11 is 0. The average molecular weight is 508 g/mol. The second-order valence-electron chi connectivity index (χ2n) is 8.53. The van der Waals surface area contributed by atoms with Crippen molar-refractivity contribution in [3.8, 4) is 0 Å². The van der Waals surface area contributed by atoms with Crippen LogP contribution in [0, 0.1) is 5.92 Å². The Morgan fingerprint density at radius 1 is 1.29 bits per heavy atom. The van der Waals surface area contributed by atoms with E-state index in [1.54, 1.807) is 19.0 Å². The molecule has 0 spiro atoms. The Kier molecular flexibility index (Phi) is 11.1. The zero-order valence-electron chi connectivity index (χ0n) is 18.6. The summed E-state index contributed by atoms with van der Waals surface area (Å²) in [5, 5.41) is 7.13. The van der Waals surface area contributed by atoms with Crippen LogP contribution in [0.15, 0.2) is 4.99 Å². The van der Waals surface area contributed by atoms with Crippen molar-refractivity contribution < 1.29 is 4.79 Å². The minimum Gasteiger partial charge on any atom is -0.355 e. The van der Waals surface area contributed by atoms with Crippen LogP contribution in [-0.2, 0) is 4.79 Å². The first-order valence-corrected chi connectivity index (χ1v) is 10.5. The van der Waals surface area contributed by atoms with Gasteiger partial charge < -0.3 is 15.5 Å². The number of hydrogen-bond acceptors (Lipinski definition) is 4. The molecule has 0 bridgehead atoms. The quantitative estimate of drug-likeness (QED) is 0.310. The number of amides is 1. The molecule has 7 nitrogen and oxygen atoms in total. The number of nitrogens with one attached hydrogen (secondary N) is 2. The fourth-order valence-electron chi connectivity index (χ4n) is 3.99. The third-order valence-electron chi connectivity index (χ3n) is 5.97. The molecule has 3 atom stereocenters. The Bertz CT molecular complexity index is 513. The largest absolute Gasteiger partial charge is 0.355 e. The molecule has 1 amide bonds. The Hall–Kier alpha value is -0.610. The second-order valence-corrected chi connectivity index (χ2v) is 8.53. The topological polar surface area (TPSA) is 63.2 Å². The van der Waals surface area contributed by atoms with Gasteiger partial charge in [0.05, 0.1) is 0 Å². The lowest BCUT2D eigenvalue weighted by molar-refractivity contribution is -0.127. The lowest BCUT2D eigenvalue weighted by atomic mass is 10.1. The first-order chi connectivity index (χ1) is 12.8. The molecule has 2 heterocycles. The van der Waals surface area contributed by atoms with Gasteiger partial charge in [-0.3, -0.25) is 14.6 Å². The normalized spacial score (nSPS) is 26.4. The maximum Gasteiger partial charge on any atom is 0.243 e. The summed E-state index contributed by atoms with van der Waals surface area (Å²) in [6, 6.07) is 1.47. The molecule has 28 heavy (non-hydrogen) atoms. The Morgan fingerprint density at radius 3 is 2.57 bits per heavy atom. The Balaban J connectivity index is 0.00000392. The van der Waals surface area contributed by atoms with Crippen LogP contribution in [0.5, 0.6) is 0 Å². The highest BCUT2D eigenvalue weighted by atomic mass is 127. The summed E-state index contributed by atoms with van der Waals surface area (Å²) in [5.41, 5.74) is 0. The summed E-state index contributed by atoms with van der Waals surface area (Å²) in [6.45, 7) is 14.5. The predicted molar refractivity (Wildman–Crippen MR) is 127 cm³/mol. The molecule has 2 aliphatic heterocycles. The van der Waals surface area contributed by atoms with Crippen molar-refractivity contribution in [2.45, 2.75) is 58.7 Å². The first kappa shape index (κ1) is 25.4. The molecule has 0 aromatic heterocycles. The van der Waals surface area contributed by atoms with Gasteiger partial charge in [-0.15, -0.1) is 24.0 Å². The van der Waals surface area contributed by atoms with Crippen molar-refractivity contribution in [1.82, 2.24) is 25.3 Å². The molecule has 0 saturated carbocycles. The fourth-order valence-corrected chi connectivity index (χ4v) is 3.99. The van der Waals surface area contributed by atoms with E-state index in [0.29, 0.717) is 24.0 Å². The molecule has 8 heteroatoms. The van der Waals surface area contributed by atoms with E-state index < -0.39 is 0 Å². The summed E-state index contributed by atoms with van der Waals surface area (Å²) in [7, 11) is 3.55. The number of hydrogen-bond donors (Lipinski definition) is 2. The minimum atomic E-state index is 0. The minimum absolute atomic E-state index is 0. The van der Waals surface area contributed by atoms with E-state index in [1.165, 1.54) is 19.4 Å². The number of carbonyl (C=O) groups excluding carboxylic acids is 1. The number of aliphatic imine (C=N–C) groups is 1. The number of likely N-dealkylation sites (tertiary alicyclic amines) is 2. The third kappa shape index (κ3) is 7.33. The fraction of sp³-hybridized carbons (Fsp3) is 0.900. The van der Waals surface area contributed by atoms with Crippen molar-refractivity contribution in [1.29, 1.82) is 0 Å². The maximum atomic E-state index is 12.0. The standard InChI is InChI=1S/C20H40N6O.HI/c1-7-25-10-8-9-17(25)11-21-20(22-12-19(27)24(5)6)23-18-14-26(15(2)3)13-16(18)4;/h15-18H,7-14H2,1-6H3,(H2,21,22,23);1H. The van der Waals surface area contributed by atoms with E-state index in [4.69, 9.17) is 0 Å². The highest BCUT2D eigenvalue weighted by Gasteiger charge is 2.31. The molecular formula is C20H41IN6O. The number of nitrogens with zero attached hydrogens (tertiary/aromatic N) is 4.